The number of carbonyl (C=O) groups excluding carboxylic acids is 1. The molecule has 1 aromatic rings. The molecule has 0 unspecified atom stereocenters. The summed E-state index contributed by atoms with van der Waals surface area (Å²) in [4.78, 5) is 18.1. The Morgan fingerprint density at radius 2 is 2.07 bits per heavy atom. The van der Waals surface area contributed by atoms with Crippen molar-refractivity contribution in [3.05, 3.63) is 18.2 Å². The van der Waals surface area contributed by atoms with Gasteiger partial charge in [0.2, 0.25) is 6.41 Å². The largest absolute Gasteiger partial charge is 0.390 e. The minimum absolute atomic E-state index is 0.383. The van der Waals surface area contributed by atoms with Crippen molar-refractivity contribution in [3.63, 3.8) is 0 Å². The van der Waals surface area contributed by atoms with Gasteiger partial charge in [0, 0.05) is 6.42 Å². The first-order chi connectivity index (χ1) is 6.51. The number of amides is 1. The molecule has 1 heterocycles. The van der Waals surface area contributed by atoms with Crippen LogP contribution < -0.4 is 5.32 Å². The smallest absolute Gasteiger partial charge is 0.211 e. The van der Waals surface area contributed by atoms with E-state index in [-0.39, 0.29) is 0 Å². The van der Waals surface area contributed by atoms with Crippen molar-refractivity contribution in [3.8, 4) is 0 Å². The number of rotatable bonds is 4. The molecule has 1 rings (SSSR count). The molecule has 0 spiro atoms. The van der Waals surface area contributed by atoms with Gasteiger partial charge in [-0.05, 0) is 13.8 Å². The van der Waals surface area contributed by atoms with Crippen molar-refractivity contribution in [2.24, 2.45) is 0 Å². The monoisotopic (exact) mass is 195 g/mol. The Morgan fingerprint density at radius 3 is 2.50 bits per heavy atom. The van der Waals surface area contributed by atoms with Gasteiger partial charge in [0.15, 0.2) is 0 Å². The molecule has 0 aliphatic heterocycles. The molecule has 0 atom stereocenters. The van der Waals surface area contributed by atoms with Crippen LogP contribution in [0.25, 0.3) is 0 Å². The molecule has 0 radical (unpaired) electrons. The highest BCUT2D eigenvalue weighted by Crippen LogP contribution is 2.09. The van der Waals surface area contributed by atoms with Gasteiger partial charge in [0.25, 0.3) is 0 Å². The summed E-state index contributed by atoms with van der Waals surface area (Å²) in [7, 11) is 0. The highest BCUT2D eigenvalue weighted by Gasteiger charge is 2.14. The lowest BCUT2D eigenvalue weighted by Crippen LogP contribution is -2.23. The maximum atomic E-state index is 10.1. The number of nitrogens with one attached hydrogen (secondary N) is 1. The molecule has 5 nitrogen and oxygen atoms in total. The summed E-state index contributed by atoms with van der Waals surface area (Å²) in [6, 6.07) is 0. The van der Waals surface area contributed by atoms with Gasteiger partial charge in [0.1, 0.15) is 5.82 Å². The van der Waals surface area contributed by atoms with Crippen LogP contribution in [0.2, 0.25) is 0 Å². The summed E-state index contributed by atoms with van der Waals surface area (Å²) in [5.74, 6) is 0.550. The van der Waals surface area contributed by atoms with E-state index in [1.165, 1.54) is 12.4 Å². The summed E-state index contributed by atoms with van der Waals surface area (Å²) in [6.07, 6.45) is 3.95. The average Bonchev–Trinajstić information content (AvgIpc) is 2.06. The topological polar surface area (TPSA) is 75.1 Å². The van der Waals surface area contributed by atoms with Crippen LogP contribution in [0.5, 0.6) is 0 Å². The first kappa shape index (κ1) is 10.6. The minimum atomic E-state index is -0.820. The molecule has 76 valence electrons. The van der Waals surface area contributed by atoms with Crippen LogP contribution >= 0.6 is 0 Å². The first-order valence-corrected chi connectivity index (χ1v) is 4.25. The fourth-order valence-electron chi connectivity index (χ4n) is 0.976. The molecule has 0 fully saturated rings. The van der Waals surface area contributed by atoms with Crippen LogP contribution in [-0.2, 0) is 11.2 Å². The minimum Gasteiger partial charge on any atom is -0.390 e. The molecule has 0 saturated carbocycles. The van der Waals surface area contributed by atoms with E-state index in [0.717, 1.165) is 0 Å². The van der Waals surface area contributed by atoms with Crippen molar-refractivity contribution in [2.75, 3.05) is 5.32 Å². The maximum Gasteiger partial charge on any atom is 0.211 e. The summed E-state index contributed by atoms with van der Waals surface area (Å²) < 4.78 is 0. The Balaban J connectivity index is 2.68. The zero-order valence-electron chi connectivity index (χ0n) is 8.19. The Hall–Kier alpha value is -1.49. The lowest BCUT2D eigenvalue weighted by Gasteiger charge is -2.15. The van der Waals surface area contributed by atoms with Crippen molar-refractivity contribution >= 4 is 12.1 Å². The molecular weight excluding hydrogens is 182 g/mol. The molecule has 0 saturated heterocycles. The molecule has 0 aromatic carbocycles. The SMILES string of the molecule is CC(C)(O)Cc1ncc(NC=O)cn1. The van der Waals surface area contributed by atoms with Crippen LogP contribution in [0, 0.1) is 0 Å². The summed E-state index contributed by atoms with van der Waals surface area (Å²) in [6.45, 7) is 3.38. The van der Waals surface area contributed by atoms with E-state index in [9.17, 15) is 9.90 Å². The third kappa shape index (κ3) is 3.49. The van der Waals surface area contributed by atoms with Gasteiger partial charge in [-0.25, -0.2) is 9.97 Å². The third-order valence-electron chi connectivity index (χ3n) is 1.52. The maximum absolute atomic E-state index is 10.1. The van der Waals surface area contributed by atoms with Gasteiger partial charge in [-0.3, -0.25) is 4.79 Å². The number of anilines is 1. The number of nitrogens with zero attached hydrogens (tertiary/aromatic N) is 2. The first-order valence-electron chi connectivity index (χ1n) is 4.25. The van der Waals surface area contributed by atoms with Gasteiger partial charge in [-0.2, -0.15) is 0 Å². The van der Waals surface area contributed by atoms with Gasteiger partial charge in [-0.1, -0.05) is 0 Å². The highest BCUT2D eigenvalue weighted by molar-refractivity contribution is 5.69. The molecular formula is C9H13N3O2. The Bertz CT molecular complexity index is 303. The number of aromatic nitrogens is 2. The van der Waals surface area contributed by atoms with Gasteiger partial charge >= 0.3 is 0 Å². The predicted octanol–water partition coefficient (Wildman–Crippen LogP) is 0.358. The summed E-state index contributed by atoms with van der Waals surface area (Å²) in [5, 5.41) is 11.9. The lowest BCUT2D eigenvalue weighted by molar-refractivity contribution is -0.105. The Labute approximate surface area is 82.2 Å². The van der Waals surface area contributed by atoms with E-state index >= 15 is 0 Å². The zero-order valence-corrected chi connectivity index (χ0v) is 8.19. The van der Waals surface area contributed by atoms with E-state index in [1.807, 2.05) is 0 Å². The fraction of sp³-hybridized carbons (Fsp3) is 0.444. The van der Waals surface area contributed by atoms with Gasteiger partial charge < -0.3 is 10.4 Å². The number of hydrogen-bond acceptors (Lipinski definition) is 4. The van der Waals surface area contributed by atoms with E-state index in [0.29, 0.717) is 24.3 Å². The molecule has 0 aliphatic rings. The van der Waals surface area contributed by atoms with Crippen molar-refractivity contribution in [2.45, 2.75) is 25.9 Å². The standard InChI is InChI=1S/C9H13N3O2/c1-9(2,14)3-8-10-4-7(5-11-8)12-6-13/h4-6,14H,3H2,1-2H3,(H,12,13). The van der Waals surface area contributed by atoms with Crippen molar-refractivity contribution < 1.29 is 9.90 Å². The molecule has 0 bridgehead atoms. The fourth-order valence-corrected chi connectivity index (χ4v) is 0.976. The zero-order chi connectivity index (χ0) is 10.6. The lowest BCUT2D eigenvalue weighted by atomic mass is 10.1. The molecule has 1 amide bonds. The quantitative estimate of drug-likeness (QED) is 0.680. The predicted molar refractivity (Wildman–Crippen MR) is 51.7 cm³/mol. The number of hydrogen-bond donors (Lipinski definition) is 2. The van der Waals surface area contributed by atoms with E-state index in [4.69, 9.17) is 0 Å². The van der Waals surface area contributed by atoms with Crippen molar-refractivity contribution in [1.82, 2.24) is 9.97 Å². The molecule has 5 heteroatoms. The van der Waals surface area contributed by atoms with Gasteiger partial charge in [0.05, 0.1) is 23.7 Å². The number of aliphatic hydroxyl groups is 1. The van der Waals surface area contributed by atoms with Crippen LogP contribution in [0.15, 0.2) is 12.4 Å². The Kier molecular flexibility index (Phi) is 3.14. The third-order valence-corrected chi connectivity index (χ3v) is 1.52. The second kappa shape index (κ2) is 4.15. The van der Waals surface area contributed by atoms with Crippen molar-refractivity contribution in [1.29, 1.82) is 0 Å². The highest BCUT2D eigenvalue weighted by atomic mass is 16.3. The van der Waals surface area contributed by atoms with Crippen LogP contribution in [-0.4, -0.2) is 27.1 Å². The number of carbonyl (C=O) groups is 1. The van der Waals surface area contributed by atoms with Gasteiger partial charge in [-0.15, -0.1) is 0 Å². The Morgan fingerprint density at radius 1 is 1.50 bits per heavy atom. The summed E-state index contributed by atoms with van der Waals surface area (Å²) >= 11 is 0. The molecule has 1 aromatic heterocycles. The van der Waals surface area contributed by atoms with E-state index in [1.54, 1.807) is 13.8 Å². The molecule has 14 heavy (non-hydrogen) atoms. The van der Waals surface area contributed by atoms with E-state index in [2.05, 4.69) is 15.3 Å². The average molecular weight is 195 g/mol. The summed E-state index contributed by atoms with van der Waals surface area (Å²) in [5.41, 5.74) is -0.279. The molecule has 0 aliphatic carbocycles. The van der Waals surface area contributed by atoms with Crippen LogP contribution in [0.3, 0.4) is 0 Å². The molecule has 2 N–H and O–H groups in total. The normalized spacial score (nSPS) is 11.1. The van der Waals surface area contributed by atoms with Crippen LogP contribution in [0.4, 0.5) is 5.69 Å². The second-order valence-electron chi connectivity index (χ2n) is 3.64. The van der Waals surface area contributed by atoms with E-state index < -0.39 is 5.60 Å². The second-order valence-corrected chi connectivity index (χ2v) is 3.64. The van der Waals surface area contributed by atoms with Crippen LogP contribution in [0.1, 0.15) is 19.7 Å².